The smallest absolute Gasteiger partial charge is 0.358 e. The van der Waals surface area contributed by atoms with Crippen LogP contribution in [0.5, 0.6) is 0 Å². The van der Waals surface area contributed by atoms with Gasteiger partial charge in [0.1, 0.15) is 0 Å². The third-order valence-corrected chi connectivity index (χ3v) is 1.38. The molecule has 0 bridgehead atoms. The molecule has 1 heteroatoms. The first-order chi connectivity index (χ1) is 3.83. The second kappa shape index (κ2) is 8.33. The zero-order chi connectivity index (χ0) is 5.98. The molecule has 0 N–H and O–H groups in total. The Hall–Kier alpha value is 0.233. The molecule has 0 fully saturated rings. The van der Waals surface area contributed by atoms with Gasteiger partial charge in [-0.25, -0.2) is 11.6 Å². The largest absolute Gasteiger partial charge is 3.00 e. The molecular formula is C10H17Zr. The topological polar surface area (TPSA) is 0 Å². The van der Waals surface area contributed by atoms with Gasteiger partial charge < -0.3 is 14.9 Å². The molecule has 0 atom stereocenters. The molecule has 0 spiro atoms. The van der Waals surface area contributed by atoms with E-state index in [9.17, 15) is 0 Å². The van der Waals surface area contributed by atoms with E-state index >= 15 is 0 Å². The van der Waals surface area contributed by atoms with Crippen molar-refractivity contribution in [2.24, 2.45) is 0 Å². The average molecular weight is 228 g/mol. The number of hydrogen-bond acceptors (Lipinski definition) is 0. The molecule has 0 heterocycles. The van der Waals surface area contributed by atoms with Crippen LogP contribution >= 0.6 is 0 Å². The molecule has 0 aliphatic carbocycles. The minimum Gasteiger partial charge on any atom is -0.358 e. The van der Waals surface area contributed by atoms with Gasteiger partial charge in [-0.05, 0) is 0 Å². The maximum Gasteiger partial charge on any atom is 3.00 e. The summed E-state index contributed by atoms with van der Waals surface area (Å²) in [5, 5.41) is 0. The molecule has 0 nitrogen and oxygen atoms in total. The molecule has 0 saturated carbocycles. The summed E-state index contributed by atoms with van der Waals surface area (Å²) >= 11 is 0. The first-order valence-corrected chi connectivity index (χ1v) is 3.05. The van der Waals surface area contributed by atoms with Gasteiger partial charge in [0.15, 0.2) is 0 Å². The third-order valence-electron chi connectivity index (χ3n) is 1.38. The summed E-state index contributed by atoms with van der Waals surface area (Å²) < 4.78 is 0. The minimum absolute atomic E-state index is 0. The van der Waals surface area contributed by atoms with E-state index in [1.165, 1.54) is 11.1 Å². The normalized spacial score (nSPS) is 7.09. The van der Waals surface area contributed by atoms with Gasteiger partial charge in [-0.15, -0.1) is 0 Å². The third kappa shape index (κ3) is 5.50. The molecule has 0 aromatic heterocycles. The molecule has 1 radical (unpaired) electrons. The predicted octanol–water partition coefficient (Wildman–Crippen LogP) is 3.17. The van der Waals surface area contributed by atoms with E-state index in [4.69, 9.17) is 0 Å². The van der Waals surface area contributed by atoms with Gasteiger partial charge in [-0.3, -0.25) is 0 Å². The standard InChI is InChI=1S/C8H11.2CH3.Zr/c1-3-8-5-4-7(2)6-8;;;/h4-6H,3H2,1-2H3;2*1H3;/q3*-1;+3. The molecule has 0 aliphatic heterocycles. The Kier molecular flexibility index (Phi) is 13.1. The van der Waals surface area contributed by atoms with Crippen LogP contribution in [0.15, 0.2) is 18.2 Å². The van der Waals surface area contributed by atoms with Crippen molar-refractivity contribution >= 4 is 0 Å². The molecule has 1 aromatic rings. The van der Waals surface area contributed by atoms with Gasteiger partial charge in [-0.2, -0.15) is 17.7 Å². The SMILES string of the molecule is CC[c-]1ccc(C)c1.[CH3-].[CH3-].[Zr+3]. The van der Waals surface area contributed by atoms with Crippen molar-refractivity contribution in [1.29, 1.82) is 0 Å². The maximum atomic E-state index is 2.22. The molecule has 61 valence electrons. The zero-order valence-electron chi connectivity index (χ0n) is 7.94. The molecule has 1 aromatic carbocycles. The Labute approximate surface area is 90.5 Å². The van der Waals surface area contributed by atoms with E-state index in [1.807, 2.05) is 0 Å². The Morgan fingerprint density at radius 3 is 2.09 bits per heavy atom. The van der Waals surface area contributed by atoms with Crippen molar-refractivity contribution in [1.82, 2.24) is 0 Å². The second-order valence-corrected chi connectivity index (χ2v) is 2.15. The fourth-order valence-corrected chi connectivity index (χ4v) is 0.847. The van der Waals surface area contributed by atoms with Crippen LogP contribution in [0.3, 0.4) is 0 Å². The van der Waals surface area contributed by atoms with Crippen molar-refractivity contribution in [2.75, 3.05) is 0 Å². The van der Waals surface area contributed by atoms with Gasteiger partial charge in [0.05, 0.1) is 0 Å². The van der Waals surface area contributed by atoms with Crippen LogP contribution in [0.25, 0.3) is 0 Å². The fourth-order valence-electron chi connectivity index (χ4n) is 0.847. The quantitative estimate of drug-likeness (QED) is 0.648. The maximum absolute atomic E-state index is 2.22. The van der Waals surface area contributed by atoms with Crippen LogP contribution in [0.2, 0.25) is 0 Å². The molecule has 0 amide bonds. The fraction of sp³-hybridized carbons (Fsp3) is 0.300. The van der Waals surface area contributed by atoms with Crippen molar-refractivity contribution in [3.8, 4) is 0 Å². The second-order valence-electron chi connectivity index (χ2n) is 2.15. The van der Waals surface area contributed by atoms with Gasteiger partial charge in [0.25, 0.3) is 0 Å². The van der Waals surface area contributed by atoms with Crippen LogP contribution in [0.1, 0.15) is 18.1 Å². The van der Waals surface area contributed by atoms with Crippen LogP contribution < -0.4 is 0 Å². The molecule has 11 heavy (non-hydrogen) atoms. The van der Waals surface area contributed by atoms with E-state index in [0.29, 0.717) is 0 Å². The number of hydrogen-bond donors (Lipinski definition) is 0. The number of rotatable bonds is 1. The first-order valence-electron chi connectivity index (χ1n) is 3.05. The number of aryl methyl sites for hydroxylation is 2. The molecular weight excluding hydrogens is 211 g/mol. The molecule has 0 saturated heterocycles. The Morgan fingerprint density at radius 1 is 1.36 bits per heavy atom. The van der Waals surface area contributed by atoms with Crippen molar-refractivity contribution in [3.63, 3.8) is 0 Å². The summed E-state index contributed by atoms with van der Waals surface area (Å²) in [6.07, 6.45) is 1.16. The van der Waals surface area contributed by atoms with Gasteiger partial charge in [0, 0.05) is 0 Å². The van der Waals surface area contributed by atoms with Gasteiger partial charge in [0.2, 0.25) is 0 Å². The van der Waals surface area contributed by atoms with E-state index in [-0.39, 0.29) is 41.1 Å². The average Bonchev–Trinajstić information content (AvgIpc) is 2.14. The summed E-state index contributed by atoms with van der Waals surface area (Å²) in [4.78, 5) is 0. The molecule has 0 unspecified atom stereocenters. The minimum atomic E-state index is 0. The van der Waals surface area contributed by atoms with Crippen LogP contribution in [-0.4, -0.2) is 0 Å². The molecule has 1 rings (SSSR count). The Balaban J connectivity index is -0.000000213. The predicted molar refractivity (Wildman–Crippen MR) is 49.0 cm³/mol. The first kappa shape index (κ1) is 17.4. The summed E-state index contributed by atoms with van der Waals surface area (Å²) in [5.41, 5.74) is 2.82. The Bertz CT molecular complexity index is 165. The van der Waals surface area contributed by atoms with E-state index in [1.54, 1.807) is 0 Å². The van der Waals surface area contributed by atoms with Crippen molar-refractivity contribution in [3.05, 3.63) is 44.2 Å². The monoisotopic (exact) mass is 227 g/mol. The summed E-state index contributed by atoms with van der Waals surface area (Å²) in [5.74, 6) is 0. The Morgan fingerprint density at radius 2 is 1.91 bits per heavy atom. The molecule has 0 aliphatic rings. The summed E-state index contributed by atoms with van der Waals surface area (Å²) in [7, 11) is 0. The van der Waals surface area contributed by atoms with Crippen molar-refractivity contribution < 1.29 is 26.2 Å². The summed E-state index contributed by atoms with van der Waals surface area (Å²) in [6, 6.07) is 6.55. The zero-order valence-corrected chi connectivity index (χ0v) is 10.4. The van der Waals surface area contributed by atoms with E-state index in [0.717, 1.165) is 6.42 Å². The van der Waals surface area contributed by atoms with Crippen LogP contribution in [0.4, 0.5) is 0 Å². The van der Waals surface area contributed by atoms with Crippen molar-refractivity contribution in [2.45, 2.75) is 20.3 Å². The summed E-state index contributed by atoms with van der Waals surface area (Å²) in [6.45, 7) is 4.30. The van der Waals surface area contributed by atoms with Gasteiger partial charge in [-0.1, -0.05) is 20.3 Å². The van der Waals surface area contributed by atoms with Crippen LogP contribution in [0, 0.1) is 21.8 Å². The van der Waals surface area contributed by atoms with Crippen LogP contribution in [-0.2, 0) is 32.6 Å². The van der Waals surface area contributed by atoms with E-state index in [2.05, 4.69) is 32.0 Å². The van der Waals surface area contributed by atoms with E-state index < -0.39 is 0 Å². The van der Waals surface area contributed by atoms with Gasteiger partial charge >= 0.3 is 26.2 Å².